The first kappa shape index (κ1) is 13.8. The number of carbonyl (C=O) groups is 1. The van der Waals surface area contributed by atoms with Crippen molar-refractivity contribution in [3.05, 3.63) is 33.4 Å². The van der Waals surface area contributed by atoms with Crippen LogP contribution < -0.4 is 5.32 Å². The van der Waals surface area contributed by atoms with Gasteiger partial charge in [0, 0.05) is 21.7 Å². The van der Waals surface area contributed by atoms with Gasteiger partial charge in [0.15, 0.2) is 0 Å². The smallest absolute Gasteiger partial charge is 0.251 e. The van der Waals surface area contributed by atoms with Gasteiger partial charge >= 0.3 is 0 Å². The number of nitrogens with one attached hydrogen (secondary N) is 1. The molecule has 1 atom stereocenters. The van der Waals surface area contributed by atoms with E-state index in [0.29, 0.717) is 6.04 Å². The molecule has 3 nitrogen and oxygen atoms in total. The molecule has 0 aromatic heterocycles. The van der Waals surface area contributed by atoms with Crippen molar-refractivity contribution in [1.82, 2.24) is 10.2 Å². The Morgan fingerprint density at radius 2 is 2.11 bits per heavy atom. The predicted octanol–water partition coefficient (Wildman–Crippen LogP) is 2.51. The molecule has 98 valence electrons. The Morgan fingerprint density at radius 1 is 1.39 bits per heavy atom. The van der Waals surface area contributed by atoms with Crippen LogP contribution in [0.2, 0.25) is 0 Å². The molecule has 0 bridgehead atoms. The van der Waals surface area contributed by atoms with E-state index in [1.165, 1.54) is 19.3 Å². The summed E-state index contributed by atoms with van der Waals surface area (Å²) in [5, 5.41) is 3.04. The molecule has 1 heterocycles. The average molecular weight is 358 g/mol. The number of halogens is 1. The molecule has 1 aliphatic rings. The minimum Gasteiger partial charge on any atom is -0.350 e. The molecule has 0 radical (unpaired) electrons. The van der Waals surface area contributed by atoms with Crippen molar-refractivity contribution in [1.29, 1.82) is 0 Å². The van der Waals surface area contributed by atoms with E-state index in [-0.39, 0.29) is 5.91 Å². The number of benzene rings is 1. The molecular weight excluding hydrogens is 339 g/mol. The largest absolute Gasteiger partial charge is 0.350 e. The van der Waals surface area contributed by atoms with E-state index in [2.05, 4.69) is 39.9 Å². The van der Waals surface area contributed by atoms with E-state index in [1.807, 2.05) is 24.3 Å². The molecule has 1 aromatic rings. The van der Waals surface area contributed by atoms with E-state index in [4.69, 9.17) is 0 Å². The molecule has 1 aromatic carbocycles. The van der Waals surface area contributed by atoms with Crippen molar-refractivity contribution in [3.63, 3.8) is 0 Å². The van der Waals surface area contributed by atoms with Crippen LogP contribution in [-0.4, -0.2) is 37.0 Å². The number of piperidine rings is 1. The fraction of sp³-hybridized carbons (Fsp3) is 0.500. The topological polar surface area (TPSA) is 32.3 Å². The molecule has 1 amide bonds. The summed E-state index contributed by atoms with van der Waals surface area (Å²) >= 11 is 2.24. The molecule has 4 heteroatoms. The number of likely N-dealkylation sites (tertiary alicyclic amines) is 1. The van der Waals surface area contributed by atoms with Crippen molar-refractivity contribution < 1.29 is 4.79 Å². The van der Waals surface area contributed by atoms with Crippen LogP contribution in [0.1, 0.15) is 29.6 Å². The fourth-order valence-corrected chi connectivity index (χ4v) is 2.68. The second-order valence-electron chi connectivity index (χ2n) is 4.85. The predicted molar refractivity (Wildman–Crippen MR) is 81.8 cm³/mol. The summed E-state index contributed by atoms with van der Waals surface area (Å²) < 4.78 is 1.15. The maximum absolute atomic E-state index is 12.0. The molecule has 18 heavy (non-hydrogen) atoms. The number of hydrogen-bond acceptors (Lipinski definition) is 2. The Balaban J connectivity index is 1.86. The Labute approximate surface area is 122 Å². The summed E-state index contributed by atoms with van der Waals surface area (Å²) in [6.07, 6.45) is 3.73. The van der Waals surface area contributed by atoms with E-state index in [1.54, 1.807) is 0 Å². The summed E-state index contributed by atoms with van der Waals surface area (Å²) in [6, 6.07) is 8.17. The van der Waals surface area contributed by atoms with Gasteiger partial charge in [-0.05, 0) is 73.3 Å². The Hall–Kier alpha value is -0.620. The summed E-state index contributed by atoms with van der Waals surface area (Å²) in [7, 11) is 2.14. The highest BCUT2D eigenvalue weighted by atomic mass is 127. The lowest BCUT2D eigenvalue weighted by Gasteiger charge is -2.32. The molecule has 1 saturated heterocycles. The van der Waals surface area contributed by atoms with Crippen molar-refractivity contribution in [2.24, 2.45) is 0 Å². The van der Waals surface area contributed by atoms with E-state index >= 15 is 0 Å². The van der Waals surface area contributed by atoms with Gasteiger partial charge in [-0.2, -0.15) is 0 Å². The van der Waals surface area contributed by atoms with Gasteiger partial charge in [0.25, 0.3) is 5.91 Å². The van der Waals surface area contributed by atoms with E-state index in [0.717, 1.165) is 22.2 Å². The number of hydrogen-bond donors (Lipinski definition) is 1. The maximum atomic E-state index is 12.0. The van der Waals surface area contributed by atoms with Crippen molar-refractivity contribution in [2.45, 2.75) is 25.3 Å². The monoisotopic (exact) mass is 358 g/mol. The lowest BCUT2D eigenvalue weighted by atomic mass is 10.0. The fourth-order valence-electron chi connectivity index (χ4n) is 2.32. The van der Waals surface area contributed by atoms with Crippen LogP contribution in [0.3, 0.4) is 0 Å². The van der Waals surface area contributed by atoms with Gasteiger partial charge in [-0.15, -0.1) is 0 Å². The Kier molecular flexibility index (Phi) is 5.00. The van der Waals surface area contributed by atoms with Crippen LogP contribution in [0.25, 0.3) is 0 Å². The van der Waals surface area contributed by atoms with Crippen LogP contribution >= 0.6 is 22.6 Å². The van der Waals surface area contributed by atoms with Crippen LogP contribution in [0, 0.1) is 3.57 Å². The number of likely N-dealkylation sites (N-methyl/N-ethyl adjacent to an activating group) is 1. The minimum absolute atomic E-state index is 0.0328. The van der Waals surface area contributed by atoms with Crippen LogP contribution in [-0.2, 0) is 0 Å². The van der Waals surface area contributed by atoms with Gasteiger partial charge in [0.1, 0.15) is 0 Å². The third kappa shape index (κ3) is 3.68. The van der Waals surface area contributed by atoms with Gasteiger partial charge in [-0.3, -0.25) is 4.79 Å². The molecule has 1 aliphatic heterocycles. The average Bonchev–Trinajstić information content (AvgIpc) is 2.38. The standard InChI is InChI=1S/C14H19IN2O/c1-17-9-3-2-4-13(17)10-16-14(18)11-5-7-12(15)8-6-11/h5-8,13H,2-4,9-10H2,1H3,(H,16,18). The molecule has 1 fully saturated rings. The van der Waals surface area contributed by atoms with E-state index < -0.39 is 0 Å². The number of carbonyl (C=O) groups excluding carboxylic acids is 1. The molecule has 0 spiro atoms. The van der Waals surface area contributed by atoms with Crippen LogP contribution in [0.5, 0.6) is 0 Å². The molecule has 1 N–H and O–H groups in total. The highest BCUT2D eigenvalue weighted by molar-refractivity contribution is 14.1. The van der Waals surface area contributed by atoms with Crippen LogP contribution in [0.15, 0.2) is 24.3 Å². The van der Waals surface area contributed by atoms with Crippen molar-refractivity contribution >= 4 is 28.5 Å². The van der Waals surface area contributed by atoms with Gasteiger partial charge in [-0.1, -0.05) is 6.42 Å². The maximum Gasteiger partial charge on any atom is 0.251 e. The summed E-state index contributed by atoms with van der Waals surface area (Å²) in [6.45, 7) is 1.89. The third-order valence-corrected chi connectivity index (χ3v) is 4.25. The summed E-state index contributed by atoms with van der Waals surface area (Å²) in [5.74, 6) is 0.0328. The highest BCUT2D eigenvalue weighted by Crippen LogP contribution is 2.14. The minimum atomic E-state index is 0.0328. The van der Waals surface area contributed by atoms with Gasteiger partial charge in [-0.25, -0.2) is 0 Å². The van der Waals surface area contributed by atoms with E-state index in [9.17, 15) is 4.79 Å². The second kappa shape index (κ2) is 6.52. The SMILES string of the molecule is CN1CCCCC1CNC(=O)c1ccc(I)cc1. The molecule has 1 unspecified atom stereocenters. The number of amides is 1. The van der Waals surface area contributed by atoms with Crippen molar-refractivity contribution in [3.8, 4) is 0 Å². The number of rotatable bonds is 3. The lowest BCUT2D eigenvalue weighted by molar-refractivity contribution is 0.0928. The highest BCUT2D eigenvalue weighted by Gasteiger charge is 2.19. The van der Waals surface area contributed by atoms with Gasteiger partial charge < -0.3 is 10.2 Å². The summed E-state index contributed by atoms with van der Waals surface area (Å²) in [5.41, 5.74) is 0.744. The van der Waals surface area contributed by atoms with Crippen LogP contribution in [0.4, 0.5) is 0 Å². The van der Waals surface area contributed by atoms with Gasteiger partial charge in [0.2, 0.25) is 0 Å². The molecule has 2 rings (SSSR count). The quantitative estimate of drug-likeness (QED) is 0.843. The second-order valence-corrected chi connectivity index (χ2v) is 6.09. The first-order valence-corrected chi connectivity index (χ1v) is 7.48. The Morgan fingerprint density at radius 3 is 2.78 bits per heavy atom. The third-order valence-electron chi connectivity index (χ3n) is 3.53. The number of nitrogens with zero attached hydrogens (tertiary/aromatic N) is 1. The summed E-state index contributed by atoms with van der Waals surface area (Å²) in [4.78, 5) is 14.3. The molecule has 0 aliphatic carbocycles. The molecule has 0 saturated carbocycles. The zero-order valence-corrected chi connectivity index (χ0v) is 12.8. The Bertz CT molecular complexity index is 405. The van der Waals surface area contributed by atoms with Gasteiger partial charge in [0.05, 0.1) is 0 Å². The molecular formula is C14H19IN2O. The zero-order chi connectivity index (χ0) is 13.0. The first-order chi connectivity index (χ1) is 8.66. The zero-order valence-electron chi connectivity index (χ0n) is 10.7. The normalized spacial score (nSPS) is 20.7. The first-order valence-electron chi connectivity index (χ1n) is 6.41. The van der Waals surface area contributed by atoms with Crippen molar-refractivity contribution in [2.75, 3.05) is 20.1 Å². The lowest BCUT2D eigenvalue weighted by Crippen LogP contribution is -2.44.